The molecular formula is C21H14Cl2F3N5O2. The summed E-state index contributed by atoms with van der Waals surface area (Å²) in [5.41, 5.74) is 1.34. The topological polar surface area (TPSA) is 84.8 Å². The minimum atomic E-state index is -2.92. The fourth-order valence-electron chi connectivity index (χ4n) is 2.98. The maximum atomic E-state index is 14.0. The third kappa shape index (κ3) is 5.29. The summed E-state index contributed by atoms with van der Waals surface area (Å²) >= 11 is 12.2. The van der Waals surface area contributed by atoms with Crippen molar-refractivity contribution < 1.29 is 22.7 Å². The van der Waals surface area contributed by atoms with Crippen LogP contribution < -0.4 is 10.1 Å². The number of alkyl halides is 2. The molecule has 0 aliphatic heterocycles. The highest BCUT2D eigenvalue weighted by Crippen LogP contribution is 2.25. The number of aromatic amines is 1. The number of benzene rings is 2. The number of carbonyl (C=O) groups is 1. The number of carbonyl (C=O) groups excluding carboxylic acids is 1. The van der Waals surface area contributed by atoms with E-state index in [4.69, 9.17) is 23.2 Å². The van der Waals surface area contributed by atoms with E-state index in [9.17, 15) is 18.0 Å². The van der Waals surface area contributed by atoms with Crippen LogP contribution in [-0.4, -0.2) is 32.5 Å². The summed E-state index contributed by atoms with van der Waals surface area (Å²) in [6.07, 6.45) is 1.43. The Balaban J connectivity index is 1.45. The number of hydrogen-bond donors (Lipinski definition) is 2. The number of halogens is 5. The monoisotopic (exact) mass is 495 g/mol. The Morgan fingerprint density at radius 3 is 2.61 bits per heavy atom. The van der Waals surface area contributed by atoms with Gasteiger partial charge in [-0.05, 0) is 42.5 Å². The molecule has 0 atom stereocenters. The van der Waals surface area contributed by atoms with E-state index in [1.165, 1.54) is 53.3 Å². The fraction of sp³-hybridized carbons (Fsp3) is 0.0952. The third-order valence-electron chi connectivity index (χ3n) is 4.53. The highest BCUT2D eigenvalue weighted by Gasteiger charge is 2.17. The average Bonchev–Trinajstić information content (AvgIpc) is 3.38. The first-order valence-corrected chi connectivity index (χ1v) is 10.1. The summed E-state index contributed by atoms with van der Waals surface area (Å²) in [4.78, 5) is 12.6. The van der Waals surface area contributed by atoms with Crippen molar-refractivity contribution in [3.05, 3.63) is 81.8 Å². The van der Waals surface area contributed by atoms with Crippen molar-refractivity contribution >= 4 is 34.9 Å². The SMILES string of the molecule is O=C(Nc1nn(Cc2c(F)cccc2Cl)cc1Cl)c1cc(-c2ccc(OC(F)F)cc2)n[nH]1. The van der Waals surface area contributed by atoms with Crippen molar-refractivity contribution in [3.8, 4) is 17.0 Å². The predicted molar refractivity (Wildman–Crippen MR) is 116 cm³/mol. The molecule has 0 aliphatic carbocycles. The minimum Gasteiger partial charge on any atom is -0.435 e. The van der Waals surface area contributed by atoms with Crippen molar-refractivity contribution in [1.82, 2.24) is 20.0 Å². The fourth-order valence-corrected chi connectivity index (χ4v) is 3.40. The molecule has 2 N–H and O–H groups in total. The zero-order chi connectivity index (χ0) is 23.5. The molecular weight excluding hydrogens is 482 g/mol. The highest BCUT2D eigenvalue weighted by atomic mass is 35.5. The Morgan fingerprint density at radius 2 is 1.91 bits per heavy atom. The van der Waals surface area contributed by atoms with Gasteiger partial charge in [-0.15, -0.1) is 0 Å². The molecule has 0 radical (unpaired) electrons. The zero-order valence-corrected chi connectivity index (χ0v) is 18.0. The van der Waals surface area contributed by atoms with Gasteiger partial charge in [0.25, 0.3) is 5.91 Å². The number of rotatable bonds is 7. The Hall–Kier alpha value is -3.50. The molecule has 170 valence electrons. The lowest BCUT2D eigenvalue weighted by molar-refractivity contribution is -0.0498. The molecule has 12 heteroatoms. The second-order valence-electron chi connectivity index (χ2n) is 6.75. The van der Waals surface area contributed by atoms with Gasteiger partial charge in [0.05, 0.1) is 12.2 Å². The number of aromatic nitrogens is 4. The van der Waals surface area contributed by atoms with E-state index >= 15 is 0 Å². The predicted octanol–water partition coefficient (Wildman–Crippen LogP) is 5.62. The van der Waals surface area contributed by atoms with Gasteiger partial charge in [0.1, 0.15) is 22.3 Å². The van der Waals surface area contributed by atoms with Crippen LogP contribution >= 0.6 is 23.2 Å². The molecule has 2 aromatic carbocycles. The first kappa shape index (κ1) is 22.7. The van der Waals surface area contributed by atoms with Crippen LogP contribution in [0.4, 0.5) is 19.0 Å². The molecule has 2 heterocycles. The van der Waals surface area contributed by atoms with Crippen molar-refractivity contribution in [3.63, 3.8) is 0 Å². The van der Waals surface area contributed by atoms with Gasteiger partial charge >= 0.3 is 6.61 Å². The first-order chi connectivity index (χ1) is 15.8. The summed E-state index contributed by atoms with van der Waals surface area (Å²) in [5.74, 6) is -0.982. The Kier molecular flexibility index (Phi) is 6.57. The largest absolute Gasteiger partial charge is 0.435 e. The highest BCUT2D eigenvalue weighted by molar-refractivity contribution is 6.33. The van der Waals surface area contributed by atoms with Crippen LogP contribution in [0, 0.1) is 5.82 Å². The Morgan fingerprint density at radius 1 is 1.15 bits per heavy atom. The maximum Gasteiger partial charge on any atom is 0.387 e. The van der Waals surface area contributed by atoms with E-state index in [-0.39, 0.29) is 39.4 Å². The maximum absolute atomic E-state index is 14.0. The van der Waals surface area contributed by atoms with Crippen LogP contribution in [0.3, 0.4) is 0 Å². The van der Waals surface area contributed by atoms with Gasteiger partial charge < -0.3 is 10.1 Å². The van der Waals surface area contributed by atoms with Crippen molar-refractivity contribution in [2.75, 3.05) is 5.32 Å². The average molecular weight is 496 g/mol. The normalized spacial score (nSPS) is 11.1. The van der Waals surface area contributed by atoms with Crippen LogP contribution in [-0.2, 0) is 6.54 Å². The van der Waals surface area contributed by atoms with Gasteiger partial charge in [0, 0.05) is 22.3 Å². The van der Waals surface area contributed by atoms with E-state index in [0.717, 1.165) is 0 Å². The van der Waals surface area contributed by atoms with E-state index in [0.29, 0.717) is 11.3 Å². The summed E-state index contributed by atoms with van der Waals surface area (Å²) < 4.78 is 44.2. The van der Waals surface area contributed by atoms with Gasteiger partial charge in [-0.1, -0.05) is 29.3 Å². The molecule has 0 unspecified atom stereocenters. The lowest BCUT2D eigenvalue weighted by Crippen LogP contribution is -2.13. The molecule has 4 aromatic rings. The van der Waals surface area contributed by atoms with E-state index in [1.54, 1.807) is 6.07 Å². The number of nitrogens with one attached hydrogen (secondary N) is 2. The van der Waals surface area contributed by atoms with Gasteiger partial charge in [-0.25, -0.2) is 4.39 Å². The zero-order valence-electron chi connectivity index (χ0n) is 16.5. The summed E-state index contributed by atoms with van der Waals surface area (Å²) in [6, 6.07) is 11.6. The second-order valence-corrected chi connectivity index (χ2v) is 7.56. The molecule has 1 amide bonds. The van der Waals surface area contributed by atoms with E-state index in [2.05, 4.69) is 25.3 Å². The second kappa shape index (κ2) is 9.55. The molecule has 0 fully saturated rings. The molecule has 0 spiro atoms. The number of amides is 1. The molecule has 0 aliphatic rings. The van der Waals surface area contributed by atoms with Gasteiger partial charge in [-0.2, -0.15) is 19.0 Å². The van der Waals surface area contributed by atoms with Crippen molar-refractivity contribution in [1.29, 1.82) is 0 Å². The Bertz CT molecular complexity index is 1270. The lowest BCUT2D eigenvalue weighted by atomic mass is 10.1. The summed E-state index contributed by atoms with van der Waals surface area (Å²) in [5, 5.41) is 13.8. The van der Waals surface area contributed by atoms with E-state index in [1.807, 2.05) is 0 Å². The lowest BCUT2D eigenvalue weighted by Gasteiger charge is -2.05. The molecule has 0 saturated heterocycles. The standard InChI is InChI=1S/C21H14Cl2F3N5O2/c22-14-2-1-3-16(24)13(14)9-31-10-15(23)19(30-31)27-20(32)18-8-17(28-29-18)11-4-6-12(7-5-11)33-21(25)26/h1-8,10,21H,9H2,(H,28,29)(H,27,30,32). The number of ether oxygens (including phenoxy) is 1. The number of H-pyrrole nitrogens is 1. The van der Waals surface area contributed by atoms with E-state index < -0.39 is 18.3 Å². The third-order valence-corrected chi connectivity index (χ3v) is 5.16. The summed E-state index contributed by atoms with van der Waals surface area (Å²) in [6.45, 7) is -2.91. The molecule has 7 nitrogen and oxygen atoms in total. The van der Waals surface area contributed by atoms with Gasteiger partial charge in [0.15, 0.2) is 5.82 Å². The number of anilines is 1. The van der Waals surface area contributed by atoms with Crippen LogP contribution in [0.25, 0.3) is 11.3 Å². The quantitative estimate of drug-likeness (QED) is 0.348. The number of hydrogen-bond acceptors (Lipinski definition) is 4. The van der Waals surface area contributed by atoms with Crippen LogP contribution in [0.15, 0.2) is 54.7 Å². The van der Waals surface area contributed by atoms with Crippen LogP contribution in [0.2, 0.25) is 10.0 Å². The van der Waals surface area contributed by atoms with Gasteiger partial charge in [0.2, 0.25) is 0 Å². The smallest absolute Gasteiger partial charge is 0.387 e. The number of nitrogens with zero attached hydrogens (tertiary/aromatic N) is 3. The molecule has 33 heavy (non-hydrogen) atoms. The van der Waals surface area contributed by atoms with Crippen molar-refractivity contribution in [2.45, 2.75) is 13.2 Å². The molecule has 4 rings (SSSR count). The molecule has 0 bridgehead atoms. The molecule has 2 aromatic heterocycles. The molecule has 0 saturated carbocycles. The van der Waals surface area contributed by atoms with Crippen molar-refractivity contribution in [2.24, 2.45) is 0 Å². The van der Waals surface area contributed by atoms with Gasteiger partial charge in [-0.3, -0.25) is 14.6 Å². The van der Waals surface area contributed by atoms with Crippen LogP contribution in [0.1, 0.15) is 16.1 Å². The minimum absolute atomic E-state index is 0.00384. The Labute approximate surface area is 195 Å². The first-order valence-electron chi connectivity index (χ1n) is 9.38. The van der Waals surface area contributed by atoms with Crippen LogP contribution in [0.5, 0.6) is 5.75 Å². The summed E-state index contributed by atoms with van der Waals surface area (Å²) in [7, 11) is 0.